The summed E-state index contributed by atoms with van der Waals surface area (Å²) >= 11 is 1.44. The zero-order chi connectivity index (χ0) is 24.2. The van der Waals surface area contributed by atoms with Gasteiger partial charge in [-0.2, -0.15) is 0 Å². The van der Waals surface area contributed by atoms with Gasteiger partial charge in [-0.25, -0.2) is 14.1 Å². The summed E-state index contributed by atoms with van der Waals surface area (Å²) in [6, 6.07) is 12.1. The van der Waals surface area contributed by atoms with Crippen molar-refractivity contribution in [1.82, 2.24) is 4.90 Å². The third-order valence-electron chi connectivity index (χ3n) is 5.32. The van der Waals surface area contributed by atoms with Crippen molar-refractivity contribution < 1.29 is 28.2 Å². The first-order valence-corrected chi connectivity index (χ1v) is 11.2. The number of carbonyl (C=O) groups excluding carboxylic acids is 3. The highest BCUT2D eigenvalue weighted by molar-refractivity contribution is 7.09. The number of nitrogens with zero attached hydrogens (tertiary/aromatic N) is 2. The first-order valence-electron chi connectivity index (χ1n) is 10.3. The van der Waals surface area contributed by atoms with E-state index in [9.17, 15) is 18.8 Å². The number of carbonyl (C=O) groups is 3. The molecule has 4 amide bonds. The molecule has 2 heterocycles. The number of amides is 4. The van der Waals surface area contributed by atoms with Gasteiger partial charge in [-0.3, -0.25) is 9.59 Å². The molecule has 0 bridgehead atoms. The van der Waals surface area contributed by atoms with Gasteiger partial charge in [-0.1, -0.05) is 6.07 Å². The Kier molecular flexibility index (Phi) is 6.78. The molecule has 10 heteroatoms. The highest BCUT2D eigenvalue weighted by Gasteiger charge is 2.46. The van der Waals surface area contributed by atoms with Crippen molar-refractivity contribution in [2.75, 3.05) is 24.4 Å². The lowest BCUT2D eigenvalue weighted by Gasteiger charge is -2.21. The molecule has 176 valence electrons. The first-order chi connectivity index (χ1) is 16.4. The van der Waals surface area contributed by atoms with Gasteiger partial charge in [-0.05, 0) is 35.7 Å². The number of benzene rings is 2. The Labute approximate surface area is 199 Å². The number of anilines is 2. The Bertz CT molecular complexity index is 1180. The summed E-state index contributed by atoms with van der Waals surface area (Å²) in [6.45, 7) is 0.171. The summed E-state index contributed by atoms with van der Waals surface area (Å²) < 4.78 is 23.8. The Morgan fingerprint density at radius 1 is 1.06 bits per heavy atom. The third kappa shape index (κ3) is 4.86. The summed E-state index contributed by atoms with van der Waals surface area (Å²) in [5, 5.41) is 4.61. The molecular weight excluding hydrogens is 461 g/mol. The molecule has 4 rings (SSSR count). The Balaban J connectivity index is 1.58. The highest BCUT2D eigenvalue weighted by Crippen LogP contribution is 2.30. The van der Waals surface area contributed by atoms with Gasteiger partial charge in [0.25, 0.3) is 5.91 Å². The maximum absolute atomic E-state index is 13.4. The summed E-state index contributed by atoms with van der Waals surface area (Å²) in [4.78, 5) is 42.6. The summed E-state index contributed by atoms with van der Waals surface area (Å²) in [7, 11) is 2.99. The van der Waals surface area contributed by atoms with Gasteiger partial charge in [0.15, 0.2) is 0 Å². The lowest BCUT2D eigenvalue weighted by Crippen LogP contribution is -2.37. The highest BCUT2D eigenvalue weighted by atomic mass is 32.1. The molecule has 0 spiro atoms. The summed E-state index contributed by atoms with van der Waals surface area (Å²) in [5.41, 5.74) is 0.672. The number of methoxy groups -OCH3 is 2. The minimum absolute atomic E-state index is 0.171. The molecule has 1 N–H and O–H groups in total. The van der Waals surface area contributed by atoms with E-state index in [-0.39, 0.29) is 18.7 Å². The zero-order valence-electron chi connectivity index (χ0n) is 18.5. The lowest BCUT2D eigenvalue weighted by atomic mass is 10.1. The molecule has 0 aliphatic carbocycles. The molecule has 34 heavy (non-hydrogen) atoms. The minimum Gasteiger partial charge on any atom is -0.497 e. The monoisotopic (exact) mass is 483 g/mol. The fourth-order valence-electron chi connectivity index (χ4n) is 3.68. The van der Waals surface area contributed by atoms with Crippen molar-refractivity contribution >= 4 is 40.6 Å². The van der Waals surface area contributed by atoms with Gasteiger partial charge < -0.3 is 19.7 Å². The second kappa shape index (κ2) is 9.92. The number of halogens is 1. The van der Waals surface area contributed by atoms with Crippen LogP contribution in [-0.4, -0.2) is 43.0 Å². The first kappa shape index (κ1) is 23.2. The smallest absolute Gasteiger partial charge is 0.332 e. The van der Waals surface area contributed by atoms with E-state index >= 15 is 0 Å². The minimum atomic E-state index is -1.02. The Morgan fingerprint density at radius 2 is 1.74 bits per heavy atom. The molecule has 1 fully saturated rings. The quantitative estimate of drug-likeness (QED) is 0.484. The maximum Gasteiger partial charge on any atom is 0.332 e. The Morgan fingerprint density at radius 3 is 2.32 bits per heavy atom. The van der Waals surface area contributed by atoms with Crippen molar-refractivity contribution in [3.8, 4) is 11.5 Å². The molecule has 0 unspecified atom stereocenters. The van der Waals surface area contributed by atoms with E-state index in [1.54, 1.807) is 18.2 Å². The molecule has 1 atom stereocenters. The predicted molar refractivity (Wildman–Crippen MR) is 126 cm³/mol. The Hall–Kier alpha value is -3.92. The fraction of sp³-hybridized carbons (Fsp3) is 0.208. The average Bonchev–Trinajstić information content (AvgIpc) is 3.42. The van der Waals surface area contributed by atoms with Crippen LogP contribution in [-0.2, 0) is 16.1 Å². The van der Waals surface area contributed by atoms with Crippen molar-refractivity contribution in [1.29, 1.82) is 0 Å². The molecular formula is C24H22FN3O5S. The van der Waals surface area contributed by atoms with Gasteiger partial charge >= 0.3 is 6.03 Å². The zero-order valence-corrected chi connectivity index (χ0v) is 19.3. The number of hydrogen-bond acceptors (Lipinski definition) is 6. The van der Waals surface area contributed by atoms with Gasteiger partial charge in [0.2, 0.25) is 5.91 Å². The average molecular weight is 484 g/mol. The lowest BCUT2D eigenvalue weighted by molar-refractivity contribution is -0.124. The molecule has 8 nitrogen and oxygen atoms in total. The SMILES string of the molecule is COc1cc(NC(=O)C[C@@H]2C(=O)N(c3ccc(F)cc3)C(=O)N2Cc2cccs2)cc(OC)c1. The molecule has 1 aromatic heterocycles. The van der Waals surface area contributed by atoms with Gasteiger partial charge in [0.05, 0.1) is 32.9 Å². The fourth-order valence-corrected chi connectivity index (χ4v) is 4.38. The molecule has 0 radical (unpaired) electrons. The van der Waals surface area contributed by atoms with E-state index in [0.717, 1.165) is 9.78 Å². The number of urea groups is 1. The molecule has 1 aliphatic heterocycles. The van der Waals surface area contributed by atoms with Crippen LogP contribution in [0, 0.1) is 5.82 Å². The van der Waals surface area contributed by atoms with Crippen LogP contribution in [0.15, 0.2) is 60.0 Å². The van der Waals surface area contributed by atoms with E-state index in [1.807, 2.05) is 17.5 Å². The van der Waals surface area contributed by atoms with Gasteiger partial charge in [0.1, 0.15) is 23.4 Å². The third-order valence-corrected chi connectivity index (χ3v) is 6.18. The van der Waals surface area contributed by atoms with Crippen LogP contribution in [0.3, 0.4) is 0 Å². The van der Waals surface area contributed by atoms with E-state index in [1.165, 1.54) is 54.7 Å². The van der Waals surface area contributed by atoms with Crippen LogP contribution in [0.25, 0.3) is 0 Å². The van der Waals surface area contributed by atoms with Gasteiger partial charge in [0, 0.05) is 28.8 Å². The van der Waals surface area contributed by atoms with Crippen LogP contribution in [0.1, 0.15) is 11.3 Å². The standard InChI is InChI=1S/C24H22FN3O5S/c1-32-18-10-16(11-19(12-18)33-2)26-22(29)13-21-23(30)28(17-7-5-15(25)6-8-17)24(31)27(21)14-20-4-3-9-34-20/h3-12,21H,13-14H2,1-2H3,(H,26,29)/t21-/m1/s1. The number of nitrogens with one attached hydrogen (secondary N) is 1. The molecule has 2 aromatic carbocycles. The van der Waals surface area contributed by atoms with Crippen molar-refractivity contribution in [3.63, 3.8) is 0 Å². The molecule has 0 saturated carbocycles. The maximum atomic E-state index is 13.4. The number of thiophene rings is 1. The summed E-state index contributed by atoms with van der Waals surface area (Å²) in [6.07, 6.45) is -0.257. The van der Waals surface area contributed by atoms with Crippen LogP contribution >= 0.6 is 11.3 Å². The van der Waals surface area contributed by atoms with E-state index in [4.69, 9.17) is 9.47 Å². The summed E-state index contributed by atoms with van der Waals surface area (Å²) in [5.74, 6) is -0.514. The number of hydrogen-bond donors (Lipinski definition) is 1. The van der Waals surface area contributed by atoms with Crippen molar-refractivity contribution in [2.24, 2.45) is 0 Å². The topological polar surface area (TPSA) is 88.2 Å². The molecule has 1 saturated heterocycles. The normalized spacial score (nSPS) is 15.6. The molecule has 3 aromatic rings. The number of imide groups is 1. The van der Waals surface area contributed by atoms with Crippen molar-refractivity contribution in [3.05, 3.63) is 70.7 Å². The van der Waals surface area contributed by atoms with Crippen LogP contribution in [0.2, 0.25) is 0 Å². The molecule has 1 aliphatic rings. The van der Waals surface area contributed by atoms with Gasteiger partial charge in [-0.15, -0.1) is 11.3 Å². The van der Waals surface area contributed by atoms with E-state index in [2.05, 4.69) is 5.32 Å². The number of rotatable bonds is 8. The van der Waals surface area contributed by atoms with Crippen LogP contribution in [0.4, 0.5) is 20.6 Å². The largest absolute Gasteiger partial charge is 0.497 e. The van der Waals surface area contributed by atoms with E-state index in [0.29, 0.717) is 17.2 Å². The second-order valence-corrected chi connectivity index (χ2v) is 8.54. The number of ether oxygens (including phenoxy) is 2. The van der Waals surface area contributed by atoms with Crippen LogP contribution in [0.5, 0.6) is 11.5 Å². The predicted octanol–water partition coefficient (Wildman–Crippen LogP) is 4.27. The van der Waals surface area contributed by atoms with E-state index < -0.39 is 29.7 Å². The van der Waals surface area contributed by atoms with Crippen molar-refractivity contribution in [2.45, 2.75) is 19.0 Å². The van der Waals surface area contributed by atoms with Crippen LogP contribution < -0.4 is 19.7 Å². The second-order valence-electron chi connectivity index (χ2n) is 7.51.